The van der Waals surface area contributed by atoms with E-state index in [0.29, 0.717) is 28.1 Å². The molecule has 4 rings (SSSR count). The molecule has 0 atom stereocenters. The van der Waals surface area contributed by atoms with Gasteiger partial charge in [0.2, 0.25) is 0 Å². The third-order valence-corrected chi connectivity index (χ3v) is 4.47. The largest absolute Gasteiger partial charge is 0.508 e. The summed E-state index contributed by atoms with van der Waals surface area (Å²) in [5.74, 6) is -0.330. The van der Waals surface area contributed by atoms with Crippen molar-refractivity contribution in [1.82, 2.24) is 9.72 Å². The van der Waals surface area contributed by atoms with Crippen LogP contribution in [0.5, 0.6) is 5.75 Å². The number of para-hydroxylation sites is 1. The maximum absolute atomic E-state index is 12.1. The number of carboxylic acids is 1. The normalized spacial score (nSPS) is 11.2. The van der Waals surface area contributed by atoms with Gasteiger partial charge in [-0.05, 0) is 44.2 Å². The summed E-state index contributed by atoms with van der Waals surface area (Å²) in [4.78, 5) is 12.1. The fourth-order valence-corrected chi connectivity index (χ4v) is 3.38. The minimum atomic E-state index is -1.02. The van der Waals surface area contributed by atoms with E-state index in [1.165, 1.54) is 0 Å². The molecule has 6 nitrogen and oxygen atoms in total. The van der Waals surface area contributed by atoms with Crippen LogP contribution in [0.25, 0.3) is 27.8 Å². The molecule has 2 aromatic carbocycles. The summed E-state index contributed by atoms with van der Waals surface area (Å²) in [5.41, 5.74) is 3.48. The van der Waals surface area contributed by atoms with Gasteiger partial charge in [-0.25, -0.2) is 4.79 Å². The highest BCUT2D eigenvalue weighted by molar-refractivity contribution is 6.11. The van der Waals surface area contributed by atoms with Crippen LogP contribution in [0.2, 0.25) is 0 Å². The van der Waals surface area contributed by atoms with Crippen LogP contribution in [0, 0.1) is 13.8 Å². The van der Waals surface area contributed by atoms with Crippen molar-refractivity contribution in [1.29, 1.82) is 0 Å². The van der Waals surface area contributed by atoms with Gasteiger partial charge >= 0.3 is 5.97 Å². The Hall–Kier alpha value is -3.54. The second-order valence-corrected chi connectivity index (χ2v) is 6.10. The Labute approximate surface area is 148 Å². The van der Waals surface area contributed by atoms with Gasteiger partial charge in [0.25, 0.3) is 0 Å². The molecule has 0 bridgehead atoms. The maximum atomic E-state index is 12.1. The smallest absolute Gasteiger partial charge is 0.338 e. The van der Waals surface area contributed by atoms with Gasteiger partial charge in [0.15, 0.2) is 0 Å². The molecular formula is C20H16N2O4. The van der Waals surface area contributed by atoms with E-state index in [2.05, 4.69) is 5.16 Å². The van der Waals surface area contributed by atoms with E-state index < -0.39 is 5.97 Å². The number of hydrogen-bond acceptors (Lipinski definition) is 4. The third kappa shape index (κ3) is 2.27. The number of phenols is 1. The lowest BCUT2D eigenvalue weighted by atomic mass is 10.0. The second kappa shape index (κ2) is 5.77. The summed E-state index contributed by atoms with van der Waals surface area (Å²) >= 11 is 0. The van der Waals surface area contributed by atoms with Crippen molar-refractivity contribution < 1.29 is 19.5 Å². The number of hydrogen-bond donors (Lipinski definition) is 2. The van der Waals surface area contributed by atoms with Crippen molar-refractivity contribution in [3.8, 4) is 22.7 Å². The first-order valence-electron chi connectivity index (χ1n) is 8.08. The molecule has 0 amide bonds. The SMILES string of the molecule is Cc1noc(C)c1-c1c(C(=O)O)c2ccccc2n1-c1ccc(O)cc1. The number of aromatic hydroxyl groups is 1. The minimum Gasteiger partial charge on any atom is -0.508 e. The van der Waals surface area contributed by atoms with Crippen LogP contribution >= 0.6 is 0 Å². The lowest BCUT2D eigenvalue weighted by Crippen LogP contribution is -2.03. The van der Waals surface area contributed by atoms with Crippen molar-refractivity contribution in [2.45, 2.75) is 13.8 Å². The number of aryl methyl sites for hydroxylation is 2. The number of fused-ring (bicyclic) bond motifs is 1. The molecule has 0 fully saturated rings. The minimum absolute atomic E-state index is 0.141. The van der Waals surface area contributed by atoms with Crippen LogP contribution in [-0.4, -0.2) is 25.9 Å². The molecule has 2 aromatic heterocycles. The van der Waals surface area contributed by atoms with Crippen molar-refractivity contribution in [3.63, 3.8) is 0 Å². The van der Waals surface area contributed by atoms with Crippen LogP contribution in [0.15, 0.2) is 53.1 Å². The Balaban J connectivity index is 2.21. The van der Waals surface area contributed by atoms with Gasteiger partial charge in [0.05, 0.1) is 28.0 Å². The molecule has 4 aromatic rings. The van der Waals surface area contributed by atoms with E-state index >= 15 is 0 Å². The number of phenolic OH excluding ortho intramolecular Hbond substituents is 1. The average molecular weight is 348 g/mol. The zero-order valence-corrected chi connectivity index (χ0v) is 14.2. The van der Waals surface area contributed by atoms with Gasteiger partial charge in [-0.2, -0.15) is 0 Å². The molecule has 6 heteroatoms. The molecule has 2 N–H and O–H groups in total. The lowest BCUT2D eigenvalue weighted by Gasteiger charge is -2.12. The Morgan fingerprint density at radius 2 is 1.77 bits per heavy atom. The van der Waals surface area contributed by atoms with Crippen LogP contribution < -0.4 is 0 Å². The fraction of sp³-hybridized carbons (Fsp3) is 0.100. The monoisotopic (exact) mass is 348 g/mol. The van der Waals surface area contributed by atoms with Gasteiger partial charge in [-0.3, -0.25) is 0 Å². The van der Waals surface area contributed by atoms with E-state index in [1.54, 1.807) is 44.2 Å². The van der Waals surface area contributed by atoms with E-state index in [0.717, 1.165) is 11.2 Å². The van der Waals surface area contributed by atoms with Gasteiger partial charge in [0.1, 0.15) is 11.5 Å². The zero-order valence-electron chi connectivity index (χ0n) is 14.2. The van der Waals surface area contributed by atoms with Crippen LogP contribution in [0.3, 0.4) is 0 Å². The number of nitrogens with zero attached hydrogens (tertiary/aromatic N) is 2. The zero-order chi connectivity index (χ0) is 18.4. The molecule has 0 aliphatic carbocycles. The van der Waals surface area contributed by atoms with Crippen LogP contribution in [0.4, 0.5) is 0 Å². The van der Waals surface area contributed by atoms with Crippen molar-refractivity contribution >= 4 is 16.9 Å². The molecule has 0 saturated carbocycles. The average Bonchev–Trinajstić information content (AvgIpc) is 3.12. The molecule has 0 aliphatic rings. The van der Waals surface area contributed by atoms with E-state index in [1.807, 2.05) is 22.8 Å². The highest BCUT2D eigenvalue weighted by Gasteiger charge is 2.28. The number of aromatic nitrogens is 2. The summed E-state index contributed by atoms with van der Waals surface area (Å²) in [5, 5.41) is 24.2. The summed E-state index contributed by atoms with van der Waals surface area (Å²) < 4.78 is 7.16. The molecule has 0 radical (unpaired) electrons. The number of benzene rings is 2. The molecule has 0 aliphatic heterocycles. The number of carbonyl (C=O) groups is 1. The van der Waals surface area contributed by atoms with Gasteiger partial charge in [0, 0.05) is 11.1 Å². The third-order valence-electron chi connectivity index (χ3n) is 4.47. The first kappa shape index (κ1) is 16.0. The Morgan fingerprint density at radius 1 is 1.08 bits per heavy atom. The summed E-state index contributed by atoms with van der Waals surface area (Å²) in [6.07, 6.45) is 0. The number of aromatic carboxylic acids is 1. The van der Waals surface area contributed by atoms with Crippen molar-refractivity contribution in [2.75, 3.05) is 0 Å². The van der Waals surface area contributed by atoms with Gasteiger partial charge in [-0.1, -0.05) is 23.4 Å². The predicted octanol–water partition coefficient (Wildman–Crippen LogP) is 4.31. The Kier molecular flexibility index (Phi) is 3.54. The fourth-order valence-electron chi connectivity index (χ4n) is 3.38. The Bertz CT molecular complexity index is 1120. The van der Waals surface area contributed by atoms with E-state index in [4.69, 9.17) is 4.52 Å². The van der Waals surface area contributed by atoms with E-state index in [-0.39, 0.29) is 11.3 Å². The summed E-state index contributed by atoms with van der Waals surface area (Å²) in [6, 6.07) is 14.0. The molecular weight excluding hydrogens is 332 g/mol. The molecule has 130 valence electrons. The van der Waals surface area contributed by atoms with E-state index in [9.17, 15) is 15.0 Å². The van der Waals surface area contributed by atoms with Crippen LogP contribution in [0.1, 0.15) is 21.8 Å². The predicted molar refractivity (Wildman–Crippen MR) is 96.9 cm³/mol. The molecule has 2 heterocycles. The molecule has 0 unspecified atom stereocenters. The molecule has 0 saturated heterocycles. The van der Waals surface area contributed by atoms with Crippen molar-refractivity contribution in [3.05, 3.63) is 65.5 Å². The first-order valence-corrected chi connectivity index (χ1v) is 8.08. The topological polar surface area (TPSA) is 88.5 Å². The molecule has 0 spiro atoms. The second-order valence-electron chi connectivity index (χ2n) is 6.10. The van der Waals surface area contributed by atoms with Crippen LogP contribution in [-0.2, 0) is 0 Å². The van der Waals surface area contributed by atoms with Gasteiger partial charge < -0.3 is 19.3 Å². The summed E-state index contributed by atoms with van der Waals surface area (Å²) in [6.45, 7) is 3.55. The van der Waals surface area contributed by atoms with Gasteiger partial charge in [-0.15, -0.1) is 0 Å². The summed E-state index contributed by atoms with van der Waals surface area (Å²) in [7, 11) is 0. The highest BCUT2D eigenvalue weighted by Crippen LogP contribution is 2.39. The highest BCUT2D eigenvalue weighted by atomic mass is 16.5. The quantitative estimate of drug-likeness (QED) is 0.576. The Morgan fingerprint density at radius 3 is 2.38 bits per heavy atom. The maximum Gasteiger partial charge on any atom is 0.338 e. The lowest BCUT2D eigenvalue weighted by molar-refractivity contribution is 0.0700. The molecule has 26 heavy (non-hydrogen) atoms. The van der Waals surface area contributed by atoms with Crippen molar-refractivity contribution in [2.24, 2.45) is 0 Å². The number of rotatable bonds is 3. The first-order chi connectivity index (χ1) is 12.5. The standard InChI is InChI=1S/C20H16N2O4/c1-11-17(12(2)26-21-11)19-18(20(24)25)15-5-3-4-6-16(15)22(19)13-7-9-14(23)10-8-13/h3-10,23H,1-2H3,(H,24,25). The number of carboxylic acid groups (broad SMARTS) is 1.